The molecule has 0 spiro atoms. The topological polar surface area (TPSA) is 60.0 Å². The lowest BCUT2D eigenvalue weighted by Crippen LogP contribution is -2.23. The van der Waals surface area contributed by atoms with E-state index in [1.54, 1.807) is 6.92 Å². The molecule has 0 aliphatic rings. The molecule has 2 aromatic carbocycles. The van der Waals surface area contributed by atoms with E-state index in [2.05, 4.69) is 5.10 Å². The molecule has 0 fully saturated rings. The van der Waals surface area contributed by atoms with Crippen LogP contribution in [0.2, 0.25) is 5.02 Å². The van der Waals surface area contributed by atoms with E-state index < -0.39 is 11.4 Å². The average molecular weight is 426 g/mol. The van der Waals surface area contributed by atoms with Crippen molar-refractivity contribution >= 4 is 22.5 Å². The number of aryl methyl sites for hydroxylation is 4. The number of fused-ring (bicyclic) bond motifs is 1. The van der Waals surface area contributed by atoms with Crippen LogP contribution >= 0.6 is 11.6 Å². The van der Waals surface area contributed by atoms with Crippen molar-refractivity contribution in [3.05, 3.63) is 80.6 Å². The van der Waals surface area contributed by atoms with Crippen LogP contribution in [-0.4, -0.2) is 19.5 Å². The third-order valence-corrected chi connectivity index (χ3v) is 5.82. The third-order valence-electron chi connectivity index (χ3n) is 5.47. The molecule has 0 unspecified atom stereocenters. The summed E-state index contributed by atoms with van der Waals surface area (Å²) >= 11 is 6.45. The Morgan fingerprint density at radius 2 is 1.83 bits per heavy atom. The molecule has 1 N–H and O–H groups in total. The van der Waals surface area contributed by atoms with Crippen LogP contribution < -0.4 is 5.56 Å². The molecule has 0 amide bonds. The van der Waals surface area contributed by atoms with E-state index in [9.17, 15) is 14.3 Å². The Morgan fingerprint density at radius 3 is 2.60 bits per heavy atom. The number of halogens is 2. The van der Waals surface area contributed by atoms with Gasteiger partial charge in [0, 0.05) is 41.8 Å². The first-order chi connectivity index (χ1) is 14.3. The summed E-state index contributed by atoms with van der Waals surface area (Å²) in [6.45, 7) is 1.57. The maximum atomic E-state index is 15.0. The van der Waals surface area contributed by atoms with Crippen molar-refractivity contribution in [1.29, 1.82) is 0 Å². The number of aromatic hydroxyl groups is 1. The van der Waals surface area contributed by atoms with Crippen molar-refractivity contribution in [3.63, 3.8) is 0 Å². The first-order valence-electron chi connectivity index (χ1n) is 9.56. The van der Waals surface area contributed by atoms with Crippen LogP contribution in [0.1, 0.15) is 16.8 Å². The molecule has 0 aliphatic heterocycles. The SMILES string of the molecule is Cc1nn(C)c(=O)c(-c2c(F)ccc(Cl)c2CCc2cn(C)c3ccccc23)c1O. The number of nitrogens with zero attached hydrogens (tertiary/aromatic N) is 3. The fourth-order valence-corrected chi connectivity index (χ4v) is 4.23. The molecule has 0 radical (unpaired) electrons. The Bertz CT molecular complexity index is 1340. The highest BCUT2D eigenvalue weighted by Gasteiger charge is 2.23. The third kappa shape index (κ3) is 3.27. The van der Waals surface area contributed by atoms with Crippen LogP contribution in [0, 0.1) is 12.7 Å². The molecule has 4 rings (SSSR count). The van der Waals surface area contributed by atoms with Crippen molar-refractivity contribution < 1.29 is 9.50 Å². The summed E-state index contributed by atoms with van der Waals surface area (Å²) in [5, 5.41) is 16.0. The predicted molar refractivity (Wildman–Crippen MR) is 117 cm³/mol. The van der Waals surface area contributed by atoms with Gasteiger partial charge in [0.25, 0.3) is 5.56 Å². The van der Waals surface area contributed by atoms with Gasteiger partial charge in [-0.2, -0.15) is 5.10 Å². The Labute approximate surface area is 178 Å². The highest BCUT2D eigenvalue weighted by molar-refractivity contribution is 6.31. The van der Waals surface area contributed by atoms with Crippen LogP contribution in [-0.2, 0) is 26.9 Å². The molecular formula is C23H21ClFN3O2. The van der Waals surface area contributed by atoms with E-state index in [-0.39, 0.29) is 22.6 Å². The quantitative estimate of drug-likeness (QED) is 0.522. The van der Waals surface area contributed by atoms with Gasteiger partial charge in [-0.25, -0.2) is 9.07 Å². The zero-order chi connectivity index (χ0) is 21.6. The van der Waals surface area contributed by atoms with E-state index in [4.69, 9.17) is 11.6 Å². The Hall–Kier alpha value is -3.12. The lowest BCUT2D eigenvalue weighted by molar-refractivity contribution is 0.460. The average Bonchev–Trinajstić information content (AvgIpc) is 3.04. The number of para-hydroxylation sites is 1. The van der Waals surface area contributed by atoms with Gasteiger partial charge in [0.2, 0.25) is 0 Å². The van der Waals surface area contributed by atoms with Crippen molar-refractivity contribution in [1.82, 2.24) is 14.3 Å². The minimum Gasteiger partial charge on any atom is -0.505 e. The van der Waals surface area contributed by atoms with Crippen LogP contribution in [0.3, 0.4) is 0 Å². The van der Waals surface area contributed by atoms with Gasteiger partial charge < -0.3 is 9.67 Å². The summed E-state index contributed by atoms with van der Waals surface area (Å²) in [5.74, 6) is -0.934. The van der Waals surface area contributed by atoms with Gasteiger partial charge in [0.15, 0.2) is 5.75 Å². The van der Waals surface area contributed by atoms with E-state index in [0.717, 1.165) is 21.1 Å². The number of aromatic nitrogens is 3. The van der Waals surface area contributed by atoms with Gasteiger partial charge in [-0.15, -0.1) is 0 Å². The normalized spacial score (nSPS) is 11.4. The van der Waals surface area contributed by atoms with Crippen LogP contribution in [0.15, 0.2) is 47.4 Å². The number of benzene rings is 2. The smallest absolute Gasteiger partial charge is 0.278 e. The van der Waals surface area contributed by atoms with Crippen molar-refractivity contribution in [2.75, 3.05) is 0 Å². The maximum absolute atomic E-state index is 15.0. The predicted octanol–water partition coefficient (Wildman–Crippen LogP) is 4.53. The molecule has 30 heavy (non-hydrogen) atoms. The van der Waals surface area contributed by atoms with Gasteiger partial charge in [-0.3, -0.25) is 4.79 Å². The molecule has 0 saturated heterocycles. The summed E-state index contributed by atoms with van der Waals surface area (Å²) < 4.78 is 18.1. The number of rotatable bonds is 4. The monoisotopic (exact) mass is 425 g/mol. The fourth-order valence-electron chi connectivity index (χ4n) is 3.98. The fraction of sp³-hybridized carbons (Fsp3) is 0.217. The minimum absolute atomic E-state index is 0.0336. The highest BCUT2D eigenvalue weighted by atomic mass is 35.5. The number of hydrogen-bond acceptors (Lipinski definition) is 3. The second-order valence-corrected chi connectivity index (χ2v) is 7.81. The summed E-state index contributed by atoms with van der Waals surface area (Å²) in [6, 6.07) is 10.8. The molecule has 0 saturated carbocycles. The highest BCUT2D eigenvalue weighted by Crippen LogP contribution is 2.36. The first kappa shape index (κ1) is 20.2. The van der Waals surface area contributed by atoms with E-state index in [1.807, 2.05) is 42.1 Å². The number of hydrogen-bond donors (Lipinski definition) is 1. The zero-order valence-corrected chi connectivity index (χ0v) is 17.7. The molecule has 2 aromatic heterocycles. The largest absolute Gasteiger partial charge is 0.505 e. The molecule has 0 atom stereocenters. The first-order valence-corrected chi connectivity index (χ1v) is 9.94. The van der Waals surface area contributed by atoms with Gasteiger partial charge in [0.05, 0.1) is 5.56 Å². The lowest BCUT2D eigenvalue weighted by Gasteiger charge is -2.15. The van der Waals surface area contributed by atoms with Crippen LogP contribution in [0.5, 0.6) is 5.75 Å². The van der Waals surface area contributed by atoms with Gasteiger partial charge in [-0.05, 0) is 49.1 Å². The minimum atomic E-state index is -0.606. The molecule has 154 valence electrons. The molecule has 4 aromatic rings. The van der Waals surface area contributed by atoms with E-state index >= 15 is 0 Å². The van der Waals surface area contributed by atoms with Gasteiger partial charge >= 0.3 is 0 Å². The standard InChI is InChI=1S/C23H21ClFN3O2/c1-13-22(29)21(23(30)28(3)26-13)20-16(17(24)10-11-18(20)25)9-8-14-12-27(2)19-7-5-4-6-15(14)19/h4-7,10-12,29H,8-9H2,1-3H3. The van der Waals surface area contributed by atoms with Crippen molar-refractivity contribution in [3.8, 4) is 16.9 Å². The zero-order valence-electron chi connectivity index (χ0n) is 16.9. The molecule has 5 nitrogen and oxygen atoms in total. The Morgan fingerprint density at radius 1 is 1.10 bits per heavy atom. The van der Waals surface area contributed by atoms with E-state index in [0.29, 0.717) is 23.4 Å². The molecule has 0 aliphatic carbocycles. The summed E-state index contributed by atoms with van der Waals surface area (Å²) in [4.78, 5) is 12.7. The van der Waals surface area contributed by atoms with Gasteiger partial charge in [-0.1, -0.05) is 29.8 Å². The summed E-state index contributed by atoms with van der Waals surface area (Å²) in [6.07, 6.45) is 3.05. The summed E-state index contributed by atoms with van der Waals surface area (Å²) in [7, 11) is 3.45. The lowest BCUT2D eigenvalue weighted by atomic mass is 9.94. The molecule has 0 bridgehead atoms. The second kappa shape index (κ2) is 7.61. The van der Waals surface area contributed by atoms with Crippen molar-refractivity contribution in [2.45, 2.75) is 19.8 Å². The Balaban J connectivity index is 1.85. The second-order valence-electron chi connectivity index (χ2n) is 7.40. The molecule has 7 heteroatoms. The summed E-state index contributed by atoms with van der Waals surface area (Å²) in [5.41, 5.74) is 2.28. The molecule has 2 heterocycles. The molecular weight excluding hydrogens is 405 g/mol. The maximum Gasteiger partial charge on any atom is 0.278 e. The van der Waals surface area contributed by atoms with Gasteiger partial charge in [0.1, 0.15) is 11.5 Å². The van der Waals surface area contributed by atoms with Crippen molar-refractivity contribution in [2.24, 2.45) is 14.1 Å². The van der Waals surface area contributed by atoms with E-state index in [1.165, 1.54) is 19.2 Å². The van der Waals surface area contributed by atoms with Crippen LogP contribution in [0.4, 0.5) is 4.39 Å². The Kier molecular flexibility index (Phi) is 5.12. The van der Waals surface area contributed by atoms with Crippen LogP contribution in [0.25, 0.3) is 22.0 Å².